The number of likely N-dealkylation sites (N-methyl/N-ethyl adjacent to an activating group) is 1. The SMILES string of the molecule is CN(C)CCOc1ccc(S(=O)O)cc1. The minimum atomic E-state index is -1.91. The predicted octanol–water partition coefficient (Wildman–Crippen LogP) is 1.21. The highest BCUT2D eigenvalue weighted by Gasteiger charge is 1.99. The smallest absolute Gasteiger partial charge is 0.186 e. The van der Waals surface area contributed by atoms with Crippen LogP contribution in [0.25, 0.3) is 0 Å². The summed E-state index contributed by atoms with van der Waals surface area (Å²) in [6.45, 7) is 1.45. The molecule has 1 aromatic rings. The van der Waals surface area contributed by atoms with E-state index in [0.717, 1.165) is 6.54 Å². The Hall–Kier alpha value is -0.910. The first-order valence-corrected chi connectivity index (χ1v) is 5.68. The molecule has 0 aliphatic heterocycles. The van der Waals surface area contributed by atoms with Crippen molar-refractivity contribution in [1.82, 2.24) is 4.90 Å². The van der Waals surface area contributed by atoms with Gasteiger partial charge < -0.3 is 14.2 Å². The van der Waals surface area contributed by atoms with Gasteiger partial charge in [0.05, 0.1) is 4.90 Å². The summed E-state index contributed by atoms with van der Waals surface area (Å²) in [5, 5.41) is 0. The van der Waals surface area contributed by atoms with E-state index in [1.807, 2.05) is 19.0 Å². The second-order valence-electron chi connectivity index (χ2n) is 3.37. The summed E-state index contributed by atoms with van der Waals surface area (Å²) in [4.78, 5) is 2.41. The minimum absolute atomic E-state index is 0.384. The third-order valence-corrected chi connectivity index (χ3v) is 2.51. The van der Waals surface area contributed by atoms with E-state index < -0.39 is 11.1 Å². The zero-order valence-corrected chi connectivity index (χ0v) is 9.66. The topological polar surface area (TPSA) is 49.8 Å². The molecule has 1 rings (SSSR count). The summed E-state index contributed by atoms with van der Waals surface area (Å²) in [6, 6.07) is 6.56. The Morgan fingerprint density at radius 1 is 1.33 bits per heavy atom. The third-order valence-electron chi connectivity index (χ3n) is 1.83. The summed E-state index contributed by atoms with van der Waals surface area (Å²) in [5.41, 5.74) is 0. The van der Waals surface area contributed by atoms with Gasteiger partial charge in [0.1, 0.15) is 12.4 Å². The van der Waals surface area contributed by atoms with E-state index in [2.05, 4.69) is 0 Å². The van der Waals surface area contributed by atoms with Crippen molar-refractivity contribution in [1.29, 1.82) is 0 Å². The molecule has 0 saturated heterocycles. The van der Waals surface area contributed by atoms with Crippen molar-refractivity contribution in [3.05, 3.63) is 24.3 Å². The molecule has 0 radical (unpaired) electrons. The fourth-order valence-electron chi connectivity index (χ4n) is 0.998. The predicted molar refractivity (Wildman–Crippen MR) is 59.5 cm³/mol. The van der Waals surface area contributed by atoms with Crippen LogP contribution in [0.1, 0.15) is 0 Å². The minimum Gasteiger partial charge on any atom is -0.492 e. The Morgan fingerprint density at radius 3 is 2.40 bits per heavy atom. The van der Waals surface area contributed by atoms with Crippen LogP contribution in [-0.4, -0.2) is 40.9 Å². The maximum absolute atomic E-state index is 10.7. The van der Waals surface area contributed by atoms with Gasteiger partial charge in [0.15, 0.2) is 11.1 Å². The van der Waals surface area contributed by atoms with Crippen LogP contribution in [-0.2, 0) is 11.1 Å². The van der Waals surface area contributed by atoms with E-state index in [9.17, 15) is 4.21 Å². The summed E-state index contributed by atoms with van der Waals surface area (Å²) < 4.78 is 24.9. The van der Waals surface area contributed by atoms with E-state index >= 15 is 0 Å². The standard InChI is InChI=1S/C10H15NO3S/c1-11(2)7-8-14-9-3-5-10(6-4-9)15(12)13/h3-6H,7-8H2,1-2H3,(H,12,13). The Morgan fingerprint density at radius 2 is 1.93 bits per heavy atom. The van der Waals surface area contributed by atoms with Gasteiger partial charge >= 0.3 is 0 Å². The first-order chi connectivity index (χ1) is 7.09. The molecule has 1 aromatic carbocycles. The molecule has 0 saturated carbocycles. The van der Waals surface area contributed by atoms with Crippen LogP contribution in [0.5, 0.6) is 5.75 Å². The van der Waals surface area contributed by atoms with Crippen molar-refractivity contribution in [2.45, 2.75) is 4.90 Å². The molecule has 0 aromatic heterocycles. The molecule has 0 heterocycles. The molecule has 15 heavy (non-hydrogen) atoms. The fourth-order valence-corrected chi connectivity index (χ4v) is 1.37. The van der Waals surface area contributed by atoms with Gasteiger partial charge in [-0.15, -0.1) is 0 Å². The number of hydrogen-bond donors (Lipinski definition) is 1. The molecular weight excluding hydrogens is 214 g/mol. The van der Waals surface area contributed by atoms with Gasteiger partial charge in [0.2, 0.25) is 0 Å². The Balaban J connectivity index is 2.46. The molecule has 1 atom stereocenters. The van der Waals surface area contributed by atoms with Gasteiger partial charge in [-0.05, 0) is 38.4 Å². The van der Waals surface area contributed by atoms with Gasteiger partial charge in [-0.1, -0.05) is 0 Å². The lowest BCUT2D eigenvalue weighted by Gasteiger charge is -2.10. The van der Waals surface area contributed by atoms with Crippen LogP contribution in [0, 0.1) is 0 Å². The molecule has 0 spiro atoms. The quantitative estimate of drug-likeness (QED) is 0.771. The van der Waals surface area contributed by atoms with Crippen molar-refractivity contribution in [2.24, 2.45) is 0 Å². The van der Waals surface area contributed by atoms with Crippen molar-refractivity contribution in [3.8, 4) is 5.75 Å². The summed E-state index contributed by atoms with van der Waals surface area (Å²) >= 11 is -1.91. The van der Waals surface area contributed by atoms with E-state index in [0.29, 0.717) is 17.3 Å². The van der Waals surface area contributed by atoms with Gasteiger partial charge in [0.25, 0.3) is 0 Å². The molecule has 5 heteroatoms. The lowest BCUT2D eigenvalue weighted by atomic mass is 10.3. The van der Waals surface area contributed by atoms with Crippen molar-refractivity contribution in [3.63, 3.8) is 0 Å². The second kappa shape index (κ2) is 5.85. The number of benzene rings is 1. The average Bonchev–Trinajstić information content (AvgIpc) is 2.18. The number of rotatable bonds is 5. The maximum Gasteiger partial charge on any atom is 0.186 e. The van der Waals surface area contributed by atoms with Crippen LogP contribution in [0.3, 0.4) is 0 Å². The van der Waals surface area contributed by atoms with Crippen LogP contribution < -0.4 is 4.74 Å². The summed E-state index contributed by atoms with van der Waals surface area (Å²) in [5.74, 6) is 0.714. The van der Waals surface area contributed by atoms with Gasteiger partial charge in [0, 0.05) is 6.54 Å². The zero-order chi connectivity index (χ0) is 11.3. The maximum atomic E-state index is 10.7. The van der Waals surface area contributed by atoms with Crippen molar-refractivity contribution in [2.75, 3.05) is 27.2 Å². The largest absolute Gasteiger partial charge is 0.492 e. The highest BCUT2D eigenvalue weighted by molar-refractivity contribution is 7.79. The monoisotopic (exact) mass is 229 g/mol. The van der Waals surface area contributed by atoms with E-state index in [1.165, 1.54) is 0 Å². The molecule has 0 aliphatic carbocycles. The average molecular weight is 229 g/mol. The number of hydrogen-bond acceptors (Lipinski definition) is 3. The van der Waals surface area contributed by atoms with Crippen LogP contribution in [0.4, 0.5) is 0 Å². The fraction of sp³-hybridized carbons (Fsp3) is 0.400. The summed E-state index contributed by atoms with van der Waals surface area (Å²) in [6.07, 6.45) is 0. The van der Waals surface area contributed by atoms with E-state index in [1.54, 1.807) is 24.3 Å². The normalized spacial score (nSPS) is 12.8. The lowest BCUT2D eigenvalue weighted by molar-refractivity contribution is 0.261. The highest BCUT2D eigenvalue weighted by atomic mass is 32.2. The Kier molecular flexibility index (Phi) is 4.74. The third kappa shape index (κ3) is 4.42. The molecule has 0 bridgehead atoms. The Labute approximate surface area is 92.1 Å². The molecule has 1 unspecified atom stereocenters. The van der Waals surface area contributed by atoms with E-state index in [4.69, 9.17) is 9.29 Å². The van der Waals surface area contributed by atoms with Gasteiger partial charge in [-0.3, -0.25) is 0 Å². The molecule has 0 fully saturated rings. The summed E-state index contributed by atoms with van der Waals surface area (Å²) in [7, 11) is 3.95. The van der Waals surface area contributed by atoms with Gasteiger partial charge in [-0.25, -0.2) is 4.21 Å². The number of nitrogens with zero attached hydrogens (tertiary/aromatic N) is 1. The van der Waals surface area contributed by atoms with Crippen LogP contribution in [0.15, 0.2) is 29.2 Å². The van der Waals surface area contributed by atoms with Gasteiger partial charge in [-0.2, -0.15) is 0 Å². The zero-order valence-electron chi connectivity index (χ0n) is 8.84. The molecule has 4 nitrogen and oxygen atoms in total. The number of ether oxygens (including phenoxy) is 1. The molecule has 0 amide bonds. The second-order valence-corrected chi connectivity index (χ2v) is 4.34. The molecular formula is C10H15NO3S. The van der Waals surface area contributed by atoms with Crippen LogP contribution in [0.2, 0.25) is 0 Å². The molecule has 84 valence electrons. The Bertz CT molecular complexity index is 324. The van der Waals surface area contributed by atoms with Crippen LogP contribution >= 0.6 is 0 Å². The molecule has 0 aliphatic rings. The van der Waals surface area contributed by atoms with Crippen molar-refractivity contribution >= 4 is 11.1 Å². The first kappa shape index (κ1) is 12.2. The first-order valence-electron chi connectivity index (χ1n) is 4.58. The van der Waals surface area contributed by atoms with Crippen molar-refractivity contribution < 1.29 is 13.5 Å². The lowest BCUT2D eigenvalue weighted by Crippen LogP contribution is -2.19. The highest BCUT2D eigenvalue weighted by Crippen LogP contribution is 2.13. The van der Waals surface area contributed by atoms with E-state index in [-0.39, 0.29) is 0 Å². The molecule has 1 N–H and O–H groups in total.